The van der Waals surface area contributed by atoms with Gasteiger partial charge in [0.05, 0.1) is 18.4 Å². The minimum atomic E-state index is -0.394. The topological polar surface area (TPSA) is 59.4 Å². The van der Waals surface area contributed by atoms with Gasteiger partial charge in [-0.2, -0.15) is 5.10 Å². The van der Waals surface area contributed by atoms with E-state index < -0.39 is 5.97 Å². The van der Waals surface area contributed by atoms with Crippen molar-refractivity contribution < 1.29 is 9.53 Å². The molecule has 6 nitrogen and oxygen atoms in total. The van der Waals surface area contributed by atoms with Crippen molar-refractivity contribution in [3.8, 4) is 10.4 Å². The first-order valence-electron chi connectivity index (χ1n) is 8.68. The van der Waals surface area contributed by atoms with Crippen molar-refractivity contribution in [1.82, 2.24) is 14.7 Å². The van der Waals surface area contributed by atoms with Gasteiger partial charge in [0.1, 0.15) is 5.00 Å². The molecule has 0 spiro atoms. The molecule has 3 rings (SSSR count). The lowest BCUT2D eigenvalue weighted by molar-refractivity contribution is 0.0602. The van der Waals surface area contributed by atoms with Gasteiger partial charge in [-0.05, 0) is 30.8 Å². The van der Waals surface area contributed by atoms with E-state index in [1.54, 1.807) is 4.68 Å². The van der Waals surface area contributed by atoms with Crippen LogP contribution in [0.25, 0.3) is 10.4 Å². The summed E-state index contributed by atoms with van der Waals surface area (Å²) in [6.07, 6.45) is 1.98. The molecule has 0 aliphatic heterocycles. The average molecular weight is 415 g/mol. The van der Waals surface area contributed by atoms with Crippen LogP contribution in [0.5, 0.6) is 0 Å². The summed E-state index contributed by atoms with van der Waals surface area (Å²) >= 11 is 7.03. The largest absolute Gasteiger partial charge is 0.465 e. The number of anilines is 1. The Balaban J connectivity index is 1.81. The quantitative estimate of drug-likeness (QED) is 0.502. The summed E-state index contributed by atoms with van der Waals surface area (Å²) < 4.78 is 6.73. The number of thiocarbonyl (C=S) groups is 1. The van der Waals surface area contributed by atoms with Crippen LogP contribution in [0.3, 0.4) is 0 Å². The molecule has 0 unspecified atom stereocenters. The maximum Gasteiger partial charge on any atom is 0.340 e. The van der Waals surface area contributed by atoms with Crippen LogP contribution in [0.1, 0.15) is 21.6 Å². The zero-order chi connectivity index (χ0) is 20.3. The normalized spacial score (nSPS) is 10.6. The second-order valence-corrected chi connectivity index (χ2v) is 7.85. The molecule has 2 aromatic heterocycles. The summed E-state index contributed by atoms with van der Waals surface area (Å²) in [6.45, 7) is 2.59. The number of hydrogen-bond donors (Lipinski definition) is 1. The number of nitrogens with one attached hydrogen (secondary N) is 1. The van der Waals surface area contributed by atoms with E-state index in [4.69, 9.17) is 17.0 Å². The van der Waals surface area contributed by atoms with Gasteiger partial charge in [0.25, 0.3) is 0 Å². The standard InChI is InChI=1S/C20H22N4O2S2/c1-13-15(12-24(3)22-13)11-23(2)20(27)21-18-16(19(25)26-4)10-17(28-18)14-8-6-5-7-9-14/h5-10,12H,11H2,1-4H3,(H,21,27). The van der Waals surface area contributed by atoms with Gasteiger partial charge >= 0.3 is 5.97 Å². The summed E-state index contributed by atoms with van der Waals surface area (Å²) in [6, 6.07) is 11.7. The first kappa shape index (κ1) is 20.0. The summed E-state index contributed by atoms with van der Waals surface area (Å²) in [5.41, 5.74) is 3.57. The van der Waals surface area contributed by atoms with Crippen molar-refractivity contribution in [1.29, 1.82) is 0 Å². The highest BCUT2D eigenvalue weighted by atomic mass is 32.1. The number of ether oxygens (including phenoxy) is 1. The van der Waals surface area contributed by atoms with Gasteiger partial charge in [-0.3, -0.25) is 4.68 Å². The summed E-state index contributed by atoms with van der Waals surface area (Å²) in [5.74, 6) is -0.394. The zero-order valence-electron chi connectivity index (χ0n) is 16.2. The maximum absolute atomic E-state index is 12.2. The lowest BCUT2D eigenvalue weighted by atomic mass is 10.1. The number of benzene rings is 1. The van der Waals surface area contributed by atoms with Crippen LogP contribution >= 0.6 is 23.6 Å². The monoisotopic (exact) mass is 414 g/mol. The highest BCUT2D eigenvalue weighted by Gasteiger charge is 2.19. The number of methoxy groups -OCH3 is 1. The molecule has 0 fully saturated rings. The van der Waals surface area contributed by atoms with Gasteiger partial charge in [0, 0.05) is 37.3 Å². The number of thiophene rings is 1. The van der Waals surface area contributed by atoms with Crippen LogP contribution in [0.2, 0.25) is 0 Å². The van der Waals surface area contributed by atoms with Crippen LogP contribution in [-0.2, 0) is 18.3 Å². The van der Waals surface area contributed by atoms with Crippen molar-refractivity contribution >= 4 is 39.6 Å². The van der Waals surface area contributed by atoms with Gasteiger partial charge < -0.3 is 15.0 Å². The number of carbonyl (C=O) groups excluding carboxylic acids is 1. The summed E-state index contributed by atoms with van der Waals surface area (Å²) in [4.78, 5) is 15.1. The third kappa shape index (κ3) is 4.40. The van der Waals surface area contributed by atoms with E-state index in [2.05, 4.69) is 10.4 Å². The molecule has 0 aliphatic carbocycles. The van der Waals surface area contributed by atoms with Gasteiger partial charge in [-0.1, -0.05) is 30.3 Å². The van der Waals surface area contributed by atoms with Crippen LogP contribution in [0, 0.1) is 6.92 Å². The summed E-state index contributed by atoms with van der Waals surface area (Å²) in [5, 5.41) is 8.76. The molecule has 146 valence electrons. The van der Waals surface area contributed by atoms with E-state index in [0.29, 0.717) is 22.2 Å². The third-order valence-corrected chi connectivity index (χ3v) is 5.80. The number of hydrogen-bond acceptors (Lipinski definition) is 5. The lowest BCUT2D eigenvalue weighted by Crippen LogP contribution is -2.30. The molecule has 28 heavy (non-hydrogen) atoms. The Labute approximate surface area is 173 Å². The van der Waals surface area contributed by atoms with Gasteiger partial charge in [0.2, 0.25) is 0 Å². The molecule has 0 saturated heterocycles. The molecule has 1 N–H and O–H groups in total. The van der Waals surface area contributed by atoms with Crippen molar-refractivity contribution in [3.05, 3.63) is 59.4 Å². The first-order valence-corrected chi connectivity index (χ1v) is 9.90. The Bertz CT molecular complexity index is 995. The Morgan fingerprint density at radius 3 is 2.68 bits per heavy atom. The van der Waals surface area contributed by atoms with E-state index in [-0.39, 0.29) is 0 Å². The van der Waals surface area contributed by atoms with E-state index in [1.807, 2.05) is 68.5 Å². The molecule has 8 heteroatoms. The summed E-state index contributed by atoms with van der Waals surface area (Å²) in [7, 11) is 5.18. The second-order valence-electron chi connectivity index (χ2n) is 6.41. The molecule has 1 aromatic carbocycles. The number of aryl methyl sites for hydroxylation is 2. The highest BCUT2D eigenvalue weighted by Crippen LogP contribution is 2.36. The van der Waals surface area contributed by atoms with Gasteiger partial charge in [-0.25, -0.2) is 4.79 Å². The average Bonchev–Trinajstić information content (AvgIpc) is 3.24. The van der Waals surface area contributed by atoms with Gasteiger partial charge in [-0.15, -0.1) is 11.3 Å². The van der Waals surface area contributed by atoms with E-state index in [1.165, 1.54) is 18.4 Å². The highest BCUT2D eigenvalue weighted by molar-refractivity contribution is 7.80. The Hall–Kier alpha value is -2.71. The van der Waals surface area contributed by atoms with Crippen LogP contribution in [0.15, 0.2) is 42.6 Å². The zero-order valence-corrected chi connectivity index (χ0v) is 17.9. The van der Waals surface area contributed by atoms with Crippen LogP contribution in [0.4, 0.5) is 5.00 Å². The molecule has 0 aliphatic rings. The fourth-order valence-electron chi connectivity index (χ4n) is 2.81. The molecule has 0 bridgehead atoms. The Morgan fingerprint density at radius 1 is 1.36 bits per heavy atom. The molecule has 2 heterocycles. The molecule has 0 atom stereocenters. The molecular formula is C20H22N4O2S2. The molecule has 0 radical (unpaired) electrons. The number of carbonyl (C=O) groups is 1. The number of nitrogens with zero attached hydrogens (tertiary/aromatic N) is 3. The number of esters is 1. The van der Waals surface area contributed by atoms with E-state index in [9.17, 15) is 4.79 Å². The smallest absolute Gasteiger partial charge is 0.340 e. The molecular weight excluding hydrogens is 392 g/mol. The predicted octanol–water partition coefficient (Wildman–Crippen LogP) is 4.07. The van der Waals surface area contributed by atoms with Crippen molar-refractivity contribution in [2.75, 3.05) is 19.5 Å². The number of rotatable bonds is 5. The fourth-order valence-corrected chi connectivity index (χ4v) is 4.10. The van der Waals surface area contributed by atoms with Crippen molar-refractivity contribution in [2.24, 2.45) is 7.05 Å². The minimum Gasteiger partial charge on any atom is -0.465 e. The van der Waals surface area contributed by atoms with Gasteiger partial charge in [0.15, 0.2) is 5.11 Å². The predicted molar refractivity (Wildman–Crippen MR) is 117 cm³/mol. The van der Waals surface area contributed by atoms with Crippen molar-refractivity contribution in [3.63, 3.8) is 0 Å². The Morgan fingerprint density at radius 2 is 2.07 bits per heavy atom. The molecule has 0 amide bonds. The third-order valence-electron chi connectivity index (χ3n) is 4.29. The van der Waals surface area contributed by atoms with Crippen LogP contribution in [-0.4, -0.2) is 39.9 Å². The second kappa shape index (κ2) is 8.53. The molecule has 0 saturated carbocycles. The number of aromatic nitrogens is 2. The van der Waals surface area contributed by atoms with E-state index in [0.717, 1.165) is 21.7 Å². The maximum atomic E-state index is 12.2. The fraction of sp³-hybridized carbons (Fsp3) is 0.250. The molecule has 3 aromatic rings. The first-order chi connectivity index (χ1) is 13.4. The lowest BCUT2D eigenvalue weighted by Gasteiger charge is -2.20. The Kier molecular flexibility index (Phi) is 6.11. The van der Waals surface area contributed by atoms with Crippen molar-refractivity contribution in [2.45, 2.75) is 13.5 Å². The van der Waals surface area contributed by atoms with E-state index >= 15 is 0 Å². The van der Waals surface area contributed by atoms with Crippen LogP contribution < -0.4 is 5.32 Å². The minimum absolute atomic E-state index is 0.394. The SMILES string of the molecule is COC(=O)c1cc(-c2ccccc2)sc1NC(=S)N(C)Cc1cn(C)nc1C.